The summed E-state index contributed by atoms with van der Waals surface area (Å²) in [6.07, 6.45) is 1.51. The van der Waals surface area contributed by atoms with E-state index in [0.29, 0.717) is 6.42 Å². The van der Waals surface area contributed by atoms with E-state index in [-0.39, 0.29) is 11.6 Å². The summed E-state index contributed by atoms with van der Waals surface area (Å²) in [6.45, 7) is 4.01. The van der Waals surface area contributed by atoms with Gasteiger partial charge in [-0.2, -0.15) is 0 Å². The molecule has 0 saturated carbocycles. The molecule has 0 aliphatic heterocycles. The van der Waals surface area contributed by atoms with Gasteiger partial charge in [0.15, 0.2) is 0 Å². The van der Waals surface area contributed by atoms with Gasteiger partial charge in [0.25, 0.3) is 5.56 Å². The topological polar surface area (TPSA) is 52.9 Å². The van der Waals surface area contributed by atoms with Crippen molar-refractivity contribution in [2.75, 3.05) is 0 Å². The first kappa shape index (κ1) is 13.6. The Labute approximate surface area is 113 Å². The highest BCUT2D eigenvalue weighted by Gasteiger charge is 2.17. The van der Waals surface area contributed by atoms with Gasteiger partial charge in [0.2, 0.25) is 0 Å². The summed E-state index contributed by atoms with van der Waals surface area (Å²) in [5.74, 6) is 0. The Kier molecular flexibility index (Phi) is 3.90. The molecule has 1 atom stereocenters. The molecule has 1 heterocycles. The number of hydrogen-bond acceptors (Lipinski definition) is 2. The Balaban J connectivity index is 2.53. The number of aromatic nitrogens is 2. The molecule has 0 aliphatic rings. The molecule has 2 aromatic rings. The van der Waals surface area contributed by atoms with E-state index in [9.17, 15) is 4.79 Å². The van der Waals surface area contributed by atoms with Crippen molar-refractivity contribution in [2.45, 2.75) is 32.7 Å². The fourth-order valence-corrected chi connectivity index (χ4v) is 2.27. The van der Waals surface area contributed by atoms with Gasteiger partial charge in [-0.1, -0.05) is 25.1 Å². The summed E-state index contributed by atoms with van der Waals surface area (Å²) in [5, 5.41) is 0. The third-order valence-corrected chi connectivity index (χ3v) is 3.66. The largest absolute Gasteiger partial charge is 0.327 e. The van der Waals surface area contributed by atoms with Gasteiger partial charge >= 0.3 is 0 Å². The van der Waals surface area contributed by atoms with E-state index in [4.69, 9.17) is 5.73 Å². The lowest BCUT2D eigenvalue weighted by molar-refractivity contribution is 0.629. The first-order valence-electron chi connectivity index (χ1n) is 6.64. The molecule has 19 heavy (non-hydrogen) atoms. The molecule has 0 amide bonds. The van der Waals surface area contributed by atoms with Crippen LogP contribution in [-0.4, -0.2) is 15.4 Å². The van der Waals surface area contributed by atoms with Crippen LogP contribution in [0.15, 0.2) is 35.1 Å². The molecular weight excluding hydrogens is 238 g/mol. The van der Waals surface area contributed by atoms with Crippen molar-refractivity contribution >= 4 is 0 Å². The normalized spacial score (nSPS) is 12.6. The standard InChI is InChI=1S/C15H21N3O/c1-4-12(16)10-14-11(2)17(3)18(15(14)19)13-8-6-5-7-9-13/h5-9,12H,4,10,16H2,1-3H3. The zero-order chi connectivity index (χ0) is 14.0. The molecule has 0 aliphatic carbocycles. The van der Waals surface area contributed by atoms with Crippen LogP contribution in [0.25, 0.3) is 5.69 Å². The highest BCUT2D eigenvalue weighted by Crippen LogP contribution is 2.11. The number of hydrogen-bond donors (Lipinski definition) is 1. The van der Waals surface area contributed by atoms with Crippen LogP contribution in [0.1, 0.15) is 24.6 Å². The highest BCUT2D eigenvalue weighted by molar-refractivity contribution is 5.33. The Morgan fingerprint density at radius 2 is 1.89 bits per heavy atom. The van der Waals surface area contributed by atoms with Crippen molar-refractivity contribution in [2.24, 2.45) is 12.8 Å². The molecule has 0 radical (unpaired) electrons. The van der Waals surface area contributed by atoms with E-state index >= 15 is 0 Å². The molecule has 1 aromatic heterocycles. The maximum absolute atomic E-state index is 12.5. The second-order valence-electron chi connectivity index (χ2n) is 4.91. The molecule has 0 fully saturated rings. The average molecular weight is 259 g/mol. The lowest BCUT2D eigenvalue weighted by Crippen LogP contribution is -2.26. The minimum Gasteiger partial charge on any atom is -0.327 e. The number of benzene rings is 1. The molecule has 0 spiro atoms. The minimum atomic E-state index is 0.0371. The van der Waals surface area contributed by atoms with E-state index in [1.807, 2.05) is 55.9 Å². The summed E-state index contributed by atoms with van der Waals surface area (Å²) in [7, 11) is 1.91. The summed E-state index contributed by atoms with van der Waals surface area (Å²) >= 11 is 0. The monoisotopic (exact) mass is 259 g/mol. The van der Waals surface area contributed by atoms with Crippen LogP contribution in [-0.2, 0) is 13.5 Å². The summed E-state index contributed by atoms with van der Waals surface area (Å²) in [4.78, 5) is 12.5. The van der Waals surface area contributed by atoms with Gasteiger partial charge in [-0.05, 0) is 31.9 Å². The Bertz CT molecular complexity index is 610. The van der Waals surface area contributed by atoms with Crippen LogP contribution in [0.2, 0.25) is 0 Å². The molecule has 0 bridgehead atoms. The minimum absolute atomic E-state index is 0.0371. The molecule has 1 unspecified atom stereocenters. The smallest absolute Gasteiger partial charge is 0.274 e. The third kappa shape index (κ3) is 2.49. The summed E-state index contributed by atoms with van der Waals surface area (Å²) in [5.41, 5.74) is 8.71. The van der Waals surface area contributed by atoms with Crippen molar-refractivity contribution in [3.63, 3.8) is 0 Å². The van der Waals surface area contributed by atoms with E-state index < -0.39 is 0 Å². The molecule has 2 N–H and O–H groups in total. The maximum Gasteiger partial charge on any atom is 0.274 e. The molecular formula is C15H21N3O. The predicted molar refractivity (Wildman–Crippen MR) is 77.7 cm³/mol. The molecule has 4 nitrogen and oxygen atoms in total. The van der Waals surface area contributed by atoms with Gasteiger partial charge in [0.05, 0.1) is 5.69 Å². The van der Waals surface area contributed by atoms with Gasteiger partial charge in [0.1, 0.15) is 0 Å². The molecule has 1 aromatic carbocycles. The highest BCUT2D eigenvalue weighted by atomic mass is 16.1. The van der Waals surface area contributed by atoms with Gasteiger partial charge < -0.3 is 5.73 Å². The zero-order valence-corrected chi connectivity index (χ0v) is 11.8. The molecule has 4 heteroatoms. The van der Waals surface area contributed by atoms with Crippen LogP contribution in [0.5, 0.6) is 0 Å². The van der Waals surface area contributed by atoms with Gasteiger partial charge in [-0.3, -0.25) is 9.48 Å². The first-order chi connectivity index (χ1) is 9.06. The Hall–Kier alpha value is -1.81. The lowest BCUT2D eigenvalue weighted by atomic mass is 10.1. The van der Waals surface area contributed by atoms with Crippen molar-refractivity contribution in [1.29, 1.82) is 0 Å². The lowest BCUT2D eigenvalue weighted by Gasteiger charge is -2.07. The van der Waals surface area contributed by atoms with Gasteiger partial charge in [-0.25, -0.2) is 4.68 Å². The zero-order valence-electron chi connectivity index (χ0n) is 11.8. The van der Waals surface area contributed by atoms with Crippen LogP contribution >= 0.6 is 0 Å². The van der Waals surface area contributed by atoms with Crippen molar-refractivity contribution in [1.82, 2.24) is 9.36 Å². The quantitative estimate of drug-likeness (QED) is 0.909. The van der Waals surface area contributed by atoms with Gasteiger partial charge in [0, 0.05) is 24.3 Å². The van der Waals surface area contributed by atoms with E-state index in [0.717, 1.165) is 23.4 Å². The second kappa shape index (κ2) is 5.45. The van der Waals surface area contributed by atoms with Crippen LogP contribution in [0, 0.1) is 6.92 Å². The Morgan fingerprint density at radius 1 is 1.26 bits per heavy atom. The van der Waals surface area contributed by atoms with Crippen molar-refractivity contribution in [3.05, 3.63) is 51.9 Å². The predicted octanol–water partition coefficient (Wildman–Crippen LogP) is 1.76. The fraction of sp³-hybridized carbons (Fsp3) is 0.400. The molecule has 102 valence electrons. The van der Waals surface area contributed by atoms with Crippen LogP contribution < -0.4 is 11.3 Å². The third-order valence-electron chi connectivity index (χ3n) is 3.66. The van der Waals surface area contributed by atoms with Crippen molar-refractivity contribution < 1.29 is 0 Å². The summed E-state index contributed by atoms with van der Waals surface area (Å²) in [6, 6.07) is 9.72. The van der Waals surface area contributed by atoms with Crippen LogP contribution in [0.4, 0.5) is 0 Å². The maximum atomic E-state index is 12.5. The first-order valence-corrected chi connectivity index (χ1v) is 6.64. The van der Waals surface area contributed by atoms with Gasteiger partial charge in [-0.15, -0.1) is 0 Å². The SMILES string of the molecule is CCC(N)Cc1c(C)n(C)n(-c2ccccc2)c1=O. The number of rotatable bonds is 4. The van der Waals surface area contributed by atoms with Crippen molar-refractivity contribution in [3.8, 4) is 5.69 Å². The van der Waals surface area contributed by atoms with E-state index in [1.165, 1.54) is 0 Å². The average Bonchev–Trinajstić information content (AvgIpc) is 2.63. The number of nitrogens with zero attached hydrogens (tertiary/aromatic N) is 2. The summed E-state index contributed by atoms with van der Waals surface area (Å²) < 4.78 is 3.60. The second-order valence-corrected chi connectivity index (χ2v) is 4.91. The van der Waals surface area contributed by atoms with E-state index in [1.54, 1.807) is 4.68 Å². The fourth-order valence-electron chi connectivity index (χ4n) is 2.27. The number of nitrogens with two attached hydrogens (primary N) is 1. The van der Waals surface area contributed by atoms with Crippen LogP contribution in [0.3, 0.4) is 0 Å². The molecule has 2 rings (SSSR count). The Morgan fingerprint density at radius 3 is 2.47 bits per heavy atom. The van der Waals surface area contributed by atoms with E-state index in [2.05, 4.69) is 0 Å². The molecule has 0 saturated heterocycles. The number of para-hydroxylation sites is 1.